The van der Waals surface area contributed by atoms with Gasteiger partial charge in [0.2, 0.25) is 0 Å². The van der Waals surface area contributed by atoms with Crippen molar-refractivity contribution in [2.45, 2.75) is 53.4 Å². The first-order chi connectivity index (χ1) is 12.2. The minimum atomic E-state index is -2.62. The number of alkyl halides is 2. The Morgan fingerprint density at radius 2 is 1.96 bits per heavy atom. The standard InChI is InChI=1S/C21H30F2N2S/c1-7-14(3)19-16(5)18(20(26-19)24-8-2)15(4)17-9-11-25(12-10-17)13-21(6,22)23/h17H,1,8-13H2,2-6H3/b18-15+,24-20?. The van der Waals surface area contributed by atoms with E-state index in [1.165, 1.54) is 21.6 Å². The second kappa shape index (κ2) is 8.69. The molecule has 0 aromatic carbocycles. The topological polar surface area (TPSA) is 15.6 Å². The van der Waals surface area contributed by atoms with Crippen molar-refractivity contribution < 1.29 is 8.78 Å². The predicted molar refractivity (Wildman–Crippen MR) is 109 cm³/mol. The van der Waals surface area contributed by atoms with Gasteiger partial charge in [0.1, 0.15) is 5.04 Å². The Labute approximate surface area is 160 Å². The van der Waals surface area contributed by atoms with Crippen molar-refractivity contribution in [2.75, 3.05) is 26.2 Å². The van der Waals surface area contributed by atoms with E-state index in [1.807, 2.05) is 18.7 Å². The molecule has 0 aliphatic carbocycles. The van der Waals surface area contributed by atoms with Crippen LogP contribution in [-0.2, 0) is 0 Å². The Kier molecular flexibility index (Phi) is 7.06. The maximum Gasteiger partial charge on any atom is 0.257 e. The molecule has 0 aromatic rings. The molecule has 0 saturated carbocycles. The number of hydrogen-bond donors (Lipinski definition) is 0. The molecule has 5 heteroatoms. The molecule has 26 heavy (non-hydrogen) atoms. The summed E-state index contributed by atoms with van der Waals surface area (Å²) in [6.07, 6.45) is 1.85. The highest BCUT2D eigenvalue weighted by atomic mass is 32.2. The maximum absolute atomic E-state index is 13.3. The van der Waals surface area contributed by atoms with E-state index in [0.717, 1.165) is 50.0 Å². The van der Waals surface area contributed by atoms with Gasteiger partial charge >= 0.3 is 0 Å². The average Bonchev–Trinajstić information content (AvgIpc) is 2.89. The van der Waals surface area contributed by atoms with E-state index >= 15 is 0 Å². The molecular formula is C21H30F2N2S. The lowest BCUT2D eigenvalue weighted by Gasteiger charge is -2.34. The van der Waals surface area contributed by atoms with Crippen LogP contribution in [0.2, 0.25) is 0 Å². The summed E-state index contributed by atoms with van der Waals surface area (Å²) in [6, 6.07) is 0. The van der Waals surface area contributed by atoms with E-state index in [4.69, 9.17) is 4.99 Å². The normalized spacial score (nSPS) is 23.6. The van der Waals surface area contributed by atoms with Crippen LogP contribution in [0, 0.1) is 5.92 Å². The van der Waals surface area contributed by atoms with Crippen molar-refractivity contribution in [3.8, 4) is 0 Å². The van der Waals surface area contributed by atoms with Crippen molar-refractivity contribution in [3.05, 3.63) is 39.5 Å². The fourth-order valence-electron chi connectivity index (χ4n) is 3.78. The Balaban J connectivity index is 2.25. The molecule has 2 heterocycles. The van der Waals surface area contributed by atoms with Gasteiger partial charge < -0.3 is 0 Å². The van der Waals surface area contributed by atoms with E-state index in [-0.39, 0.29) is 6.54 Å². The summed E-state index contributed by atoms with van der Waals surface area (Å²) < 4.78 is 26.5. The quantitative estimate of drug-likeness (QED) is 0.557. The van der Waals surface area contributed by atoms with E-state index in [9.17, 15) is 8.78 Å². The molecule has 0 bridgehead atoms. The zero-order valence-electron chi connectivity index (χ0n) is 16.6. The molecule has 0 radical (unpaired) electrons. The van der Waals surface area contributed by atoms with Gasteiger partial charge in [0, 0.05) is 29.5 Å². The SMILES string of the molecule is C=C=C(C)C1=C(C)/C(=C(/C)C2CCN(CC(C)(F)F)CC2)C(=NCC)S1. The van der Waals surface area contributed by atoms with Gasteiger partial charge in [-0.1, -0.05) is 23.9 Å². The molecule has 2 aliphatic heterocycles. The predicted octanol–water partition coefficient (Wildman–Crippen LogP) is 5.84. The zero-order chi connectivity index (χ0) is 19.5. The van der Waals surface area contributed by atoms with Crippen LogP contribution in [0.1, 0.15) is 47.5 Å². The van der Waals surface area contributed by atoms with E-state index in [2.05, 4.69) is 26.2 Å². The lowest BCUT2D eigenvalue weighted by molar-refractivity contribution is -0.0211. The number of likely N-dealkylation sites (tertiary alicyclic amines) is 1. The fourth-order valence-corrected chi connectivity index (χ4v) is 5.06. The van der Waals surface area contributed by atoms with Gasteiger partial charge in [0.25, 0.3) is 5.92 Å². The van der Waals surface area contributed by atoms with Crippen molar-refractivity contribution >= 4 is 16.8 Å². The molecule has 0 unspecified atom stereocenters. The van der Waals surface area contributed by atoms with Crippen LogP contribution in [0.3, 0.4) is 0 Å². The number of piperidine rings is 1. The summed E-state index contributed by atoms with van der Waals surface area (Å²) in [7, 11) is 0. The highest BCUT2D eigenvalue weighted by Gasteiger charge is 2.32. The summed E-state index contributed by atoms with van der Waals surface area (Å²) in [5, 5.41) is 1.08. The van der Waals surface area contributed by atoms with Crippen molar-refractivity contribution in [1.82, 2.24) is 4.90 Å². The molecule has 0 aromatic heterocycles. The molecular weight excluding hydrogens is 350 g/mol. The number of aliphatic imine (C=N–C) groups is 1. The minimum absolute atomic E-state index is 0.139. The van der Waals surface area contributed by atoms with Crippen LogP contribution in [0.15, 0.2) is 44.5 Å². The van der Waals surface area contributed by atoms with Crippen molar-refractivity contribution in [1.29, 1.82) is 0 Å². The summed E-state index contributed by atoms with van der Waals surface area (Å²) in [5.41, 5.74) is 7.90. The van der Waals surface area contributed by atoms with Crippen LogP contribution < -0.4 is 0 Å². The molecule has 2 aliphatic rings. The minimum Gasteiger partial charge on any atom is -0.297 e. The average molecular weight is 381 g/mol. The third-order valence-electron chi connectivity index (χ3n) is 5.13. The van der Waals surface area contributed by atoms with Crippen LogP contribution in [0.4, 0.5) is 8.78 Å². The van der Waals surface area contributed by atoms with Crippen molar-refractivity contribution in [2.24, 2.45) is 10.9 Å². The van der Waals surface area contributed by atoms with Gasteiger partial charge in [0.05, 0.1) is 6.54 Å². The van der Waals surface area contributed by atoms with Crippen LogP contribution in [0.5, 0.6) is 0 Å². The van der Waals surface area contributed by atoms with E-state index in [1.54, 1.807) is 11.8 Å². The second-order valence-electron chi connectivity index (χ2n) is 7.32. The first-order valence-electron chi connectivity index (χ1n) is 9.29. The molecule has 1 saturated heterocycles. The van der Waals surface area contributed by atoms with E-state index in [0.29, 0.717) is 5.92 Å². The van der Waals surface area contributed by atoms with Gasteiger partial charge in [-0.05, 0) is 65.1 Å². The Hall–Kier alpha value is -1.16. The summed E-state index contributed by atoms with van der Waals surface area (Å²) in [6.45, 7) is 15.3. The smallest absolute Gasteiger partial charge is 0.257 e. The highest BCUT2D eigenvalue weighted by molar-refractivity contribution is 8.18. The first kappa shape index (κ1) is 21.1. The third-order valence-corrected chi connectivity index (χ3v) is 6.47. The highest BCUT2D eigenvalue weighted by Crippen LogP contribution is 2.44. The monoisotopic (exact) mass is 380 g/mol. The van der Waals surface area contributed by atoms with Crippen LogP contribution >= 0.6 is 11.8 Å². The molecule has 0 amide bonds. The van der Waals surface area contributed by atoms with Gasteiger partial charge in [-0.2, -0.15) is 0 Å². The Morgan fingerprint density at radius 3 is 2.46 bits per heavy atom. The molecule has 2 nitrogen and oxygen atoms in total. The number of nitrogens with zero attached hydrogens (tertiary/aromatic N) is 2. The zero-order valence-corrected chi connectivity index (χ0v) is 17.4. The lowest BCUT2D eigenvalue weighted by Crippen LogP contribution is -2.40. The molecule has 2 rings (SSSR count). The van der Waals surface area contributed by atoms with Crippen LogP contribution in [-0.4, -0.2) is 42.0 Å². The Bertz CT molecular complexity index is 683. The third kappa shape index (κ3) is 4.97. The van der Waals surface area contributed by atoms with Gasteiger partial charge in [0.15, 0.2) is 0 Å². The number of halogens is 2. The summed E-state index contributed by atoms with van der Waals surface area (Å²) in [5.74, 6) is -2.19. The number of rotatable bonds is 5. The first-order valence-corrected chi connectivity index (χ1v) is 10.1. The van der Waals surface area contributed by atoms with Gasteiger partial charge in [-0.3, -0.25) is 9.89 Å². The van der Waals surface area contributed by atoms with Gasteiger partial charge in [-0.15, -0.1) is 5.73 Å². The van der Waals surface area contributed by atoms with Crippen LogP contribution in [0.25, 0.3) is 0 Å². The molecule has 0 atom stereocenters. The summed E-state index contributed by atoms with van der Waals surface area (Å²) in [4.78, 5) is 7.80. The number of thioether (sulfide) groups is 1. The number of allylic oxidation sites excluding steroid dienone is 3. The largest absolute Gasteiger partial charge is 0.297 e. The number of hydrogen-bond acceptors (Lipinski definition) is 3. The second-order valence-corrected chi connectivity index (χ2v) is 8.32. The molecule has 0 spiro atoms. The summed E-state index contributed by atoms with van der Waals surface area (Å²) >= 11 is 1.71. The van der Waals surface area contributed by atoms with Gasteiger partial charge in [-0.25, -0.2) is 8.78 Å². The van der Waals surface area contributed by atoms with E-state index < -0.39 is 5.92 Å². The van der Waals surface area contributed by atoms with Crippen molar-refractivity contribution in [3.63, 3.8) is 0 Å². The fraction of sp³-hybridized carbons (Fsp3) is 0.619. The molecule has 0 N–H and O–H groups in total. The molecule has 144 valence electrons. The maximum atomic E-state index is 13.3. The lowest BCUT2D eigenvalue weighted by atomic mass is 9.85. The Morgan fingerprint density at radius 1 is 1.35 bits per heavy atom. The molecule has 1 fully saturated rings.